The average molecular weight is 673 g/mol. The van der Waals surface area contributed by atoms with Gasteiger partial charge in [0.2, 0.25) is 0 Å². The summed E-state index contributed by atoms with van der Waals surface area (Å²) in [5, 5.41) is 0.965. The Labute approximate surface area is 308 Å². The van der Waals surface area contributed by atoms with Gasteiger partial charge in [-0.3, -0.25) is 9.47 Å². The number of fused-ring (bicyclic) bond motifs is 8. The lowest BCUT2D eigenvalue weighted by Gasteiger charge is -2.43. The Morgan fingerprint density at radius 2 is 1.16 bits per heavy atom. The van der Waals surface area contributed by atoms with Crippen LogP contribution in [0.4, 0.5) is 34.3 Å². The highest BCUT2D eigenvalue weighted by Gasteiger charge is 2.46. The number of thiophene rings is 1. The standard InChI is InChI=1S/C46H30BN3S/c1-5-16-31(17-6-1)32-28-29-37-40(30-32)48(33-18-7-2-8-19-33)38-25-15-26-39-42(38)47(37)43-45-44(36-24-13-14-27-41(36)51-45)50(35-22-11-4-12-23-35)46(43)49(39)34-20-9-3-10-21-34/h1-30H/i4D,11D,12D,22D,23D. The molecular weight excluding hydrogens is 637 g/mol. The van der Waals surface area contributed by atoms with Gasteiger partial charge >= 0.3 is 0 Å². The minimum atomic E-state index is -0.414. The number of hydrogen-bond acceptors (Lipinski definition) is 3. The molecule has 2 aliphatic heterocycles. The molecule has 0 aliphatic carbocycles. The normalized spacial score (nSPS) is 14.4. The highest BCUT2D eigenvalue weighted by molar-refractivity contribution is 7.28. The first-order valence-electron chi connectivity index (χ1n) is 19.6. The maximum atomic E-state index is 9.35. The van der Waals surface area contributed by atoms with E-state index < -0.39 is 6.04 Å². The van der Waals surface area contributed by atoms with Crippen LogP contribution in [0.2, 0.25) is 0 Å². The van der Waals surface area contributed by atoms with E-state index in [1.165, 1.54) is 0 Å². The lowest BCUT2D eigenvalue weighted by atomic mass is 9.34. The Hall–Kier alpha value is -6.30. The molecule has 4 heterocycles. The van der Waals surface area contributed by atoms with Crippen LogP contribution in [-0.4, -0.2) is 11.3 Å². The number of benzene rings is 7. The molecule has 0 fully saturated rings. The summed E-state index contributed by atoms with van der Waals surface area (Å²) in [6.45, 7) is -0.252. The van der Waals surface area contributed by atoms with Crippen molar-refractivity contribution in [2.24, 2.45) is 0 Å². The van der Waals surface area contributed by atoms with Crippen molar-refractivity contribution in [2.75, 3.05) is 9.80 Å². The predicted octanol–water partition coefficient (Wildman–Crippen LogP) is 10.6. The van der Waals surface area contributed by atoms with Crippen LogP contribution in [0.3, 0.4) is 0 Å². The molecule has 0 N–H and O–H groups in total. The van der Waals surface area contributed by atoms with Crippen LogP contribution in [0.5, 0.6) is 0 Å². The maximum Gasteiger partial charge on any atom is 0.256 e. The molecule has 0 atom stereocenters. The molecule has 7 aromatic carbocycles. The van der Waals surface area contributed by atoms with Gasteiger partial charge in [-0.15, -0.1) is 11.3 Å². The molecule has 3 nitrogen and oxygen atoms in total. The second kappa shape index (κ2) is 11.1. The first-order valence-corrected chi connectivity index (χ1v) is 17.9. The minimum absolute atomic E-state index is 0.132. The van der Waals surface area contributed by atoms with Crippen LogP contribution in [0.25, 0.3) is 37.1 Å². The predicted molar refractivity (Wildman–Crippen MR) is 218 cm³/mol. The van der Waals surface area contributed by atoms with Gasteiger partial charge in [0.15, 0.2) is 0 Å². The third-order valence-electron chi connectivity index (χ3n) is 10.2. The van der Waals surface area contributed by atoms with Crippen molar-refractivity contribution in [1.82, 2.24) is 4.57 Å². The van der Waals surface area contributed by atoms with Crippen molar-refractivity contribution < 1.29 is 6.85 Å². The summed E-state index contributed by atoms with van der Waals surface area (Å²) in [4.78, 5) is 4.61. The zero-order chi connectivity index (χ0) is 37.8. The third-order valence-corrected chi connectivity index (χ3v) is 11.4. The van der Waals surface area contributed by atoms with Crippen LogP contribution in [-0.2, 0) is 0 Å². The van der Waals surface area contributed by atoms with Crippen LogP contribution < -0.4 is 26.2 Å². The molecule has 2 aromatic heterocycles. The molecule has 0 unspecified atom stereocenters. The zero-order valence-corrected chi connectivity index (χ0v) is 28.1. The zero-order valence-electron chi connectivity index (χ0n) is 32.3. The lowest BCUT2D eigenvalue weighted by molar-refractivity contribution is 1.08. The summed E-state index contributed by atoms with van der Waals surface area (Å²) in [5.41, 5.74) is 11.6. The van der Waals surface area contributed by atoms with Crippen molar-refractivity contribution in [2.45, 2.75) is 0 Å². The van der Waals surface area contributed by atoms with E-state index in [-0.39, 0.29) is 36.6 Å². The van der Waals surface area contributed by atoms with Crippen LogP contribution >= 0.6 is 11.3 Å². The fraction of sp³-hybridized carbons (Fsp3) is 0. The van der Waals surface area contributed by atoms with Gasteiger partial charge in [-0.05, 0) is 88.1 Å². The smallest absolute Gasteiger partial charge is 0.256 e. The van der Waals surface area contributed by atoms with E-state index in [0.29, 0.717) is 0 Å². The highest BCUT2D eigenvalue weighted by atomic mass is 32.1. The Bertz CT molecular complexity index is 3030. The highest BCUT2D eigenvalue weighted by Crippen LogP contribution is 2.49. The van der Waals surface area contributed by atoms with Gasteiger partial charge in [0.05, 0.1) is 17.1 Å². The summed E-state index contributed by atoms with van der Waals surface area (Å²) in [7, 11) is 0. The molecule has 11 rings (SSSR count). The van der Waals surface area contributed by atoms with Gasteiger partial charge in [0.1, 0.15) is 5.82 Å². The summed E-state index contributed by atoms with van der Waals surface area (Å²) >= 11 is 1.69. The maximum absolute atomic E-state index is 9.35. The SMILES string of the molecule is [2H]c1c([2H])c([2H])c(-n2c3c(c4sc5ccccc5c42)B2c4ccc(-c5ccccc5)cc4N(c4ccccc4)c4cccc(c42)N3c2ccccc2)c([2H])c1[2H]. The van der Waals surface area contributed by atoms with Crippen molar-refractivity contribution >= 4 is 89.0 Å². The molecule has 0 spiro atoms. The Balaban J connectivity index is 1.34. The van der Waals surface area contributed by atoms with Crippen molar-refractivity contribution in [3.05, 3.63) is 182 Å². The number of anilines is 6. The fourth-order valence-corrected chi connectivity index (χ4v) is 9.49. The molecule has 9 aromatic rings. The van der Waals surface area contributed by atoms with E-state index in [2.05, 4.69) is 119 Å². The van der Waals surface area contributed by atoms with Gasteiger partial charge in [0.25, 0.3) is 6.71 Å². The molecule has 5 heteroatoms. The van der Waals surface area contributed by atoms with Gasteiger partial charge in [-0.2, -0.15) is 0 Å². The molecule has 2 aliphatic rings. The molecule has 51 heavy (non-hydrogen) atoms. The molecule has 0 radical (unpaired) electrons. The molecular formula is C46H30BN3S. The Morgan fingerprint density at radius 3 is 1.90 bits per heavy atom. The average Bonchev–Trinajstić information content (AvgIpc) is 3.78. The van der Waals surface area contributed by atoms with E-state index in [1.807, 2.05) is 47.0 Å². The summed E-state index contributed by atoms with van der Waals surface area (Å²) in [6, 6.07) is 51.0. The summed E-state index contributed by atoms with van der Waals surface area (Å²) in [6.07, 6.45) is 0. The van der Waals surface area contributed by atoms with Crippen LogP contribution in [0, 0.1) is 0 Å². The first kappa shape index (κ1) is 24.0. The number of para-hydroxylation sites is 3. The van der Waals surface area contributed by atoms with Crippen LogP contribution in [0.1, 0.15) is 6.85 Å². The summed E-state index contributed by atoms with van der Waals surface area (Å²) < 4.78 is 48.9. The number of nitrogens with zero attached hydrogens (tertiary/aromatic N) is 3. The molecule has 238 valence electrons. The molecule has 0 saturated heterocycles. The largest absolute Gasteiger partial charge is 0.311 e. The van der Waals surface area contributed by atoms with E-state index in [0.717, 1.165) is 82.1 Å². The second-order valence-corrected chi connectivity index (χ2v) is 14.0. The monoisotopic (exact) mass is 672 g/mol. The van der Waals surface area contributed by atoms with Crippen molar-refractivity contribution in [3.8, 4) is 16.8 Å². The van der Waals surface area contributed by atoms with Gasteiger partial charge in [0, 0.05) is 44.2 Å². The van der Waals surface area contributed by atoms with E-state index in [9.17, 15) is 2.74 Å². The Kier molecular flexibility index (Phi) is 5.22. The van der Waals surface area contributed by atoms with Gasteiger partial charge < -0.3 is 4.90 Å². The van der Waals surface area contributed by atoms with Crippen molar-refractivity contribution in [1.29, 1.82) is 0 Å². The topological polar surface area (TPSA) is 11.4 Å². The lowest BCUT2D eigenvalue weighted by Crippen LogP contribution is -2.61. The third kappa shape index (κ3) is 4.13. The van der Waals surface area contributed by atoms with E-state index >= 15 is 0 Å². The Morgan fingerprint density at radius 1 is 0.510 bits per heavy atom. The van der Waals surface area contributed by atoms with Crippen LogP contribution in [0.15, 0.2) is 182 Å². The van der Waals surface area contributed by atoms with E-state index in [4.69, 9.17) is 4.11 Å². The molecule has 0 saturated carbocycles. The fourth-order valence-electron chi connectivity index (χ4n) is 8.23. The first-order chi connectivity index (χ1) is 27.4. The minimum Gasteiger partial charge on any atom is -0.311 e. The summed E-state index contributed by atoms with van der Waals surface area (Å²) in [5.74, 6) is 0.766. The molecule has 0 amide bonds. The van der Waals surface area contributed by atoms with E-state index in [1.54, 1.807) is 11.3 Å². The number of rotatable bonds is 4. The quantitative estimate of drug-likeness (QED) is 0.172. The number of aromatic nitrogens is 1. The second-order valence-electron chi connectivity index (χ2n) is 12.9. The van der Waals surface area contributed by atoms with Crippen molar-refractivity contribution in [3.63, 3.8) is 0 Å². The number of hydrogen-bond donors (Lipinski definition) is 0. The van der Waals surface area contributed by atoms with Gasteiger partial charge in [-0.25, -0.2) is 0 Å². The van der Waals surface area contributed by atoms with Gasteiger partial charge in [-0.1, -0.05) is 121 Å². The molecule has 0 bridgehead atoms.